The van der Waals surface area contributed by atoms with Crippen LogP contribution in [0.15, 0.2) is 152 Å². The Hall–Kier alpha value is -6.10. The number of benzene rings is 7. The highest BCUT2D eigenvalue weighted by molar-refractivity contribution is 7.27. The van der Waals surface area contributed by atoms with Crippen LogP contribution in [0.3, 0.4) is 0 Å². The molecule has 0 unspecified atom stereocenters. The third-order valence-corrected chi connectivity index (χ3v) is 11.2. The lowest BCUT2D eigenvalue weighted by Crippen LogP contribution is -1.93. The van der Waals surface area contributed by atoms with Crippen molar-refractivity contribution in [1.29, 1.82) is 0 Å². The van der Waals surface area contributed by atoms with Gasteiger partial charge < -0.3 is 0 Å². The Morgan fingerprint density at radius 1 is 0.479 bits per heavy atom. The second-order valence-corrected chi connectivity index (χ2v) is 13.6. The molecule has 4 heterocycles. The van der Waals surface area contributed by atoms with Crippen molar-refractivity contribution in [2.45, 2.75) is 0 Å². The van der Waals surface area contributed by atoms with E-state index in [0.29, 0.717) is 0 Å². The lowest BCUT2D eigenvalue weighted by Gasteiger charge is -2.12. The Bertz CT molecular complexity index is 3110. The molecule has 4 heteroatoms. The number of hydrogen-bond acceptors (Lipinski definition) is 3. The van der Waals surface area contributed by atoms with E-state index < -0.39 is 0 Å². The van der Waals surface area contributed by atoms with Gasteiger partial charge in [0.1, 0.15) is 0 Å². The predicted molar refractivity (Wildman–Crippen MR) is 204 cm³/mol. The van der Waals surface area contributed by atoms with Crippen molar-refractivity contribution >= 4 is 91.4 Å². The normalized spacial score (nSPS) is 12.2. The van der Waals surface area contributed by atoms with Crippen LogP contribution >= 0.6 is 11.3 Å². The van der Waals surface area contributed by atoms with Gasteiger partial charge in [-0.1, -0.05) is 115 Å². The zero-order valence-corrected chi connectivity index (χ0v) is 26.5. The summed E-state index contributed by atoms with van der Waals surface area (Å²) in [5.41, 5.74) is 8.89. The van der Waals surface area contributed by atoms with Crippen molar-refractivity contribution in [3.63, 3.8) is 0 Å². The molecule has 4 aromatic heterocycles. The van der Waals surface area contributed by atoms with Gasteiger partial charge in [0.15, 0.2) is 5.65 Å². The number of rotatable bonds is 2. The second-order valence-electron chi connectivity index (χ2n) is 12.6. The summed E-state index contributed by atoms with van der Waals surface area (Å²) < 4.78 is 4.92. The molecule has 0 bridgehead atoms. The van der Waals surface area contributed by atoms with Gasteiger partial charge in [0.05, 0.1) is 26.9 Å². The fraction of sp³-hybridized carbons (Fsp3) is 0. The fourth-order valence-corrected chi connectivity index (χ4v) is 9.00. The number of imidazole rings is 1. The standard InChI is InChI=1S/C44H25N3S/c1-2-10-30-24-40-38(23-29(30)9-1)46-44-43-37(35-20-19-26-8-3-4-12-32(26)42(35)48-43)25-39(47(40)44)28-17-15-27(16-18-28)36-22-31-11-7-21-45-41(31)34-14-6-5-13-33(34)36/h1-25H. The highest BCUT2D eigenvalue weighted by atomic mass is 32.1. The van der Waals surface area contributed by atoms with Crippen LogP contribution in [0.1, 0.15) is 0 Å². The number of hydrogen-bond donors (Lipinski definition) is 0. The molecule has 0 radical (unpaired) electrons. The first-order valence-corrected chi connectivity index (χ1v) is 17.1. The quantitative estimate of drug-likeness (QED) is 0.179. The van der Waals surface area contributed by atoms with Gasteiger partial charge in [0.25, 0.3) is 0 Å². The van der Waals surface area contributed by atoms with Crippen LogP contribution in [0, 0.1) is 0 Å². The Labute approximate surface area is 279 Å². The topological polar surface area (TPSA) is 30.2 Å². The van der Waals surface area contributed by atoms with Crippen molar-refractivity contribution in [3.05, 3.63) is 152 Å². The van der Waals surface area contributed by atoms with E-state index in [-0.39, 0.29) is 0 Å². The molecule has 0 fully saturated rings. The van der Waals surface area contributed by atoms with Crippen molar-refractivity contribution in [1.82, 2.24) is 14.4 Å². The summed E-state index contributed by atoms with van der Waals surface area (Å²) in [7, 11) is 0. The second kappa shape index (κ2) is 9.71. The molecule has 0 saturated carbocycles. The van der Waals surface area contributed by atoms with E-state index in [9.17, 15) is 0 Å². The van der Waals surface area contributed by atoms with Crippen LogP contribution in [0.2, 0.25) is 0 Å². The Balaban J connectivity index is 1.20. The first kappa shape index (κ1) is 26.0. The first-order chi connectivity index (χ1) is 23.8. The molecule has 0 saturated heterocycles. The fourth-order valence-electron chi connectivity index (χ4n) is 7.70. The predicted octanol–water partition coefficient (Wildman–Crippen LogP) is 12.2. The Kier molecular flexibility index (Phi) is 5.26. The van der Waals surface area contributed by atoms with Gasteiger partial charge in [0, 0.05) is 32.4 Å². The SMILES string of the molecule is c1ccc2cc3c(cc2c1)nc1c2sc4c5ccccc5ccc4c2cc(-c2ccc(-c4cc5cccnc5c5ccccc45)cc2)n31. The lowest BCUT2D eigenvalue weighted by atomic mass is 9.94. The van der Waals surface area contributed by atoms with E-state index in [2.05, 4.69) is 144 Å². The molecule has 3 nitrogen and oxygen atoms in total. The average molecular weight is 628 g/mol. The first-order valence-electron chi connectivity index (χ1n) is 16.2. The van der Waals surface area contributed by atoms with Crippen molar-refractivity contribution in [2.75, 3.05) is 0 Å². The molecule has 11 aromatic rings. The van der Waals surface area contributed by atoms with Gasteiger partial charge >= 0.3 is 0 Å². The van der Waals surface area contributed by atoms with Crippen LogP contribution in [0.25, 0.3) is 102 Å². The maximum absolute atomic E-state index is 5.35. The lowest BCUT2D eigenvalue weighted by molar-refractivity contribution is 1.25. The maximum Gasteiger partial charge on any atom is 0.156 e. The van der Waals surface area contributed by atoms with Crippen LogP contribution < -0.4 is 0 Å². The molecule has 11 rings (SSSR count). The minimum absolute atomic E-state index is 1.01. The number of fused-ring (bicyclic) bond motifs is 13. The van der Waals surface area contributed by atoms with Crippen molar-refractivity contribution < 1.29 is 0 Å². The third-order valence-electron chi connectivity index (χ3n) is 9.97. The van der Waals surface area contributed by atoms with E-state index >= 15 is 0 Å². The molecule has 0 aliphatic heterocycles. The minimum Gasteiger partial charge on any atom is -0.291 e. The van der Waals surface area contributed by atoms with E-state index in [4.69, 9.17) is 9.97 Å². The maximum atomic E-state index is 5.35. The molecular formula is C44H25N3S. The average Bonchev–Trinajstić information content (AvgIpc) is 3.72. The van der Waals surface area contributed by atoms with E-state index in [1.54, 1.807) is 0 Å². The van der Waals surface area contributed by atoms with E-state index in [1.165, 1.54) is 63.6 Å². The van der Waals surface area contributed by atoms with Crippen LogP contribution in [-0.2, 0) is 0 Å². The summed E-state index contributed by atoms with van der Waals surface area (Å²) in [6.45, 7) is 0. The summed E-state index contributed by atoms with van der Waals surface area (Å²) in [5.74, 6) is 0. The molecule has 0 spiro atoms. The van der Waals surface area contributed by atoms with Crippen molar-refractivity contribution in [2.24, 2.45) is 0 Å². The smallest absolute Gasteiger partial charge is 0.156 e. The zero-order chi connectivity index (χ0) is 31.3. The number of pyridine rings is 2. The van der Waals surface area contributed by atoms with Gasteiger partial charge in [-0.3, -0.25) is 9.38 Å². The minimum atomic E-state index is 1.01. The highest BCUT2D eigenvalue weighted by Crippen LogP contribution is 2.44. The van der Waals surface area contributed by atoms with Gasteiger partial charge in [-0.2, -0.15) is 0 Å². The molecule has 0 atom stereocenters. The number of nitrogens with zero attached hydrogens (tertiary/aromatic N) is 3. The van der Waals surface area contributed by atoms with Crippen molar-refractivity contribution in [3.8, 4) is 22.4 Å². The van der Waals surface area contributed by atoms with Gasteiger partial charge in [0.2, 0.25) is 0 Å². The molecule has 222 valence electrons. The van der Waals surface area contributed by atoms with Gasteiger partial charge in [-0.15, -0.1) is 11.3 Å². The highest BCUT2D eigenvalue weighted by Gasteiger charge is 2.19. The Morgan fingerprint density at radius 3 is 2.04 bits per heavy atom. The molecule has 7 aromatic carbocycles. The molecule has 0 amide bonds. The summed E-state index contributed by atoms with van der Waals surface area (Å²) in [6.07, 6.45) is 1.88. The summed E-state index contributed by atoms with van der Waals surface area (Å²) in [4.78, 5) is 10.1. The molecule has 0 aliphatic carbocycles. The monoisotopic (exact) mass is 627 g/mol. The number of thiophene rings is 1. The van der Waals surface area contributed by atoms with Gasteiger partial charge in [-0.25, -0.2) is 4.98 Å². The van der Waals surface area contributed by atoms with Crippen LogP contribution in [0.5, 0.6) is 0 Å². The van der Waals surface area contributed by atoms with Crippen LogP contribution in [-0.4, -0.2) is 14.4 Å². The van der Waals surface area contributed by atoms with Gasteiger partial charge in [-0.05, 0) is 74.0 Å². The molecule has 0 aliphatic rings. The summed E-state index contributed by atoms with van der Waals surface area (Å²) in [5, 5.41) is 11.0. The molecule has 0 N–H and O–H groups in total. The summed E-state index contributed by atoms with van der Waals surface area (Å²) in [6, 6.07) is 52.8. The zero-order valence-electron chi connectivity index (χ0n) is 25.7. The number of aromatic nitrogens is 3. The molecular weight excluding hydrogens is 603 g/mol. The van der Waals surface area contributed by atoms with E-state index in [1.807, 2.05) is 23.6 Å². The molecule has 48 heavy (non-hydrogen) atoms. The Morgan fingerprint density at radius 2 is 1.19 bits per heavy atom. The third kappa shape index (κ3) is 3.63. The largest absolute Gasteiger partial charge is 0.291 e. The summed E-state index contributed by atoms with van der Waals surface area (Å²) >= 11 is 1.86. The van der Waals surface area contributed by atoms with E-state index in [0.717, 1.165) is 38.8 Å². The van der Waals surface area contributed by atoms with Crippen LogP contribution in [0.4, 0.5) is 0 Å².